The van der Waals surface area contributed by atoms with Crippen molar-refractivity contribution in [2.24, 2.45) is 11.1 Å². The van der Waals surface area contributed by atoms with Gasteiger partial charge in [0, 0.05) is 11.6 Å². The minimum atomic E-state index is -0.209. The zero-order valence-corrected chi connectivity index (χ0v) is 10.6. The molecule has 0 amide bonds. The van der Waals surface area contributed by atoms with E-state index in [-0.39, 0.29) is 5.54 Å². The van der Waals surface area contributed by atoms with Crippen molar-refractivity contribution in [1.29, 1.82) is 0 Å². The molecule has 1 saturated carbocycles. The molecule has 3 nitrogen and oxygen atoms in total. The van der Waals surface area contributed by atoms with Crippen LogP contribution in [0, 0.1) is 5.41 Å². The molecule has 0 atom stereocenters. The number of aromatic nitrogens is 1. The zero-order chi connectivity index (χ0) is 12.1. The monoisotopic (exact) mass is 232 g/mol. The van der Waals surface area contributed by atoms with Gasteiger partial charge in [-0.05, 0) is 30.4 Å². The second-order valence-electron chi connectivity index (χ2n) is 6.13. The SMILES string of the molecule is CC(C)c1ccc(C2(N)CC3(COC3)C2)nc1. The van der Waals surface area contributed by atoms with Crippen molar-refractivity contribution in [1.82, 2.24) is 4.98 Å². The van der Waals surface area contributed by atoms with Crippen LogP contribution in [0.15, 0.2) is 18.3 Å². The summed E-state index contributed by atoms with van der Waals surface area (Å²) >= 11 is 0. The van der Waals surface area contributed by atoms with Crippen molar-refractivity contribution in [2.75, 3.05) is 13.2 Å². The van der Waals surface area contributed by atoms with Gasteiger partial charge in [0.25, 0.3) is 0 Å². The summed E-state index contributed by atoms with van der Waals surface area (Å²) in [6.45, 7) is 6.13. The predicted octanol–water partition coefficient (Wildman–Crippen LogP) is 2.17. The Kier molecular flexibility index (Phi) is 2.32. The molecule has 92 valence electrons. The Hall–Kier alpha value is -0.930. The first-order valence-electron chi connectivity index (χ1n) is 6.36. The zero-order valence-electron chi connectivity index (χ0n) is 10.6. The van der Waals surface area contributed by atoms with Gasteiger partial charge in [-0.15, -0.1) is 0 Å². The van der Waals surface area contributed by atoms with Crippen LogP contribution in [0.2, 0.25) is 0 Å². The number of nitrogens with zero attached hydrogens (tertiary/aromatic N) is 1. The van der Waals surface area contributed by atoms with Gasteiger partial charge in [0.2, 0.25) is 0 Å². The maximum atomic E-state index is 6.42. The fourth-order valence-corrected chi connectivity index (χ4v) is 3.10. The number of ether oxygens (including phenoxy) is 1. The van der Waals surface area contributed by atoms with E-state index in [9.17, 15) is 0 Å². The number of hydrogen-bond donors (Lipinski definition) is 1. The number of nitrogens with two attached hydrogens (primary N) is 1. The van der Waals surface area contributed by atoms with Gasteiger partial charge in [0.05, 0.1) is 24.4 Å². The highest BCUT2D eigenvalue weighted by Crippen LogP contribution is 2.55. The summed E-state index contributed by atoms with van der Waals surface area (Å²) in [5.74, 6) is 0.526. The van der Waals surface area contributed by atoms with E-state index in [0.717, 1.165) is 31.7 Å². The van der Waals surface area contributed by atoms with Gasteiger partial charge in [-0.25, -0.2) is 0 Å². The van der Waals surface area contributed by atoms with Crippen LogP contribution in [0.1, 0.15) is 43.9 Å². The lowest BCUT2D eigenvalue weighted by Crippen LogP contribution is -2.63. The molecule has 2 aliphatic rings. The normalized spacial score (nSPS) is 24.5. The molecule has 1 aliphatic carbocycles. The third-order valence-corrected chi connectivity index (χ3v) is 4.16. The minimum Gasteiger partial charge on any atom is -0.380 e. The fraction of sp³-hybridized carbons (Fsp3) is 0.643. The van der Waals surface area contributed by atoms with Crippen LogP contribution in [0.3, 0.4) is 0 Å². The molecule has 0 radical (unpaired) electrons. The molecule has 1 aromatic heterocycles. The predicted molar refractivity (Wildman–Crippen MR) is 66.7 cm³/mol. The molecule has 1 saturated heterocycles. The third-order valence-electron chi connectivity index (χ3n) is 4.16. The lowest BCUT2D eigenvalue weighted by Gasteiger charge is -2.58. The first-order valence-corrected chi connectivity index (χ1v) is 6.36. The van der Waals surface area contributed by atoms with Gasteiger partial charge >= 0.3 is 0 Å². The molecular formula is C14H20N2O. The standard InChI is InChI=1S/C14H20N2O/c1-10(2)11-3-4-12(16-5-11)14(15)6-13(7-14)8-17-9-13/h3-5,10H,6-9,15H2,1-2H3. The van der Waals surface area contributed by atoms with Crippen LogP contribution in [0.4, 0.5) is 0 Å². The molecule has 3 heteroatoms. The van der Waals surface area contributed by atoms with Crippen LogP contribution in [-0.2, 0) is 10.3 Å². The molecule has 0 unspecified atom stereocenters. The van der Waals surface area contributed by atoms with Crippen molar-refractivity contribution in [3.8, 4) is 0 Å². The highest BCUT2D eigenvalue weighted by atomic mass is 16.5. The van der Waals surface area contributed by atoms with Crippen molar-refractivity contribution in [3.05, 3.63) is 29.6 Å². The summed E-state index contributed by atoms with van der Waals surface area (Å²) < 4.78 is 5.28. The van der Waals surface area contributed by atoms with Gasteiger partial charge in [0.15, 0.2) is 0 Å². The average molecular weight is 232 g/mol. The molecule has 2 heterocycles. The summed E-state index contributed by atoms with van der Waals surface area (Å²) in [5.41, 5.74) is 8.91. The summed E-state index contributed by atoms with van der Waals surface area (Å²) in [4.78, 5) is 4.55. The molecule has 2 N–H and O–H groups in total. The highest BCUT2D eigenvalue weighted by molar-refractivity contribution is 5.27. The second-order valence-corrected chi connectivity index (χ2v) is 6.13. The van der Waals surface area contributed by atoms with Crippen LogP contribution in [-0.4, -0.2) is 18.2 Å². The topological polar surface area (TPSA) is 48.1 Å². The van der Waals surface area contributed by atoms with E-state index in [0.29, 0.717) is 11.3 Å². The molecule has 0 bridgehead atoms. The van der Waals surface area contributed by atoms with E-state index in [1.165, 1.54) is 5.56 Å². The minimum absolute atomic E-state index is 0.209. The lowest BCUT2D eigenvalue weighted by molar-refractivity contribution is -0.188. The van der Waals surface area contributed by atoms with Crippen LogP contribution >= 0.6 is 0 Å². The fourth-order valence-electron chi connectivity index (χ4n) is 3.10. The Morgan fingerprint density at radius 2 is 2.00 bits per heavy atom. The van der Waals surface area contributed by atoms with E-state index in [1.807, 2.05) is 6.20 Å². The van der Waals surface area contributed by atoms with E-state index < -0.39 is 0 Å². The molecule has 1 aliphatic heterocycles. The van der Waals surface area contributed by atoms with Crippen LogP contribution < -0.4 is 5.73 Å². The third kappa shape index (κ3) is 1.69. The van der Waals surface area contributed by atoms with Gasteiger partial charge in [0.1, 0.15) is 0 Å². The van der Waals surface area contributed by atoms with E-state index in [2.05, 4.69) is 31.0 Å². The number of rotatable bonds is 2. The Morgan fingerprint density at radius 3 is 2.41 bits per heavy atom. The molecule has 1 spiro atoms. The maximum absolute atomic E-state index is 6.42. The molecule has 0 aromatic carbocycles. The van der Waals surface area contributed by atoms with Crippen molar-refractivity contribution < 1.29 is 4.74 Å². The Bertz CT molecular complexity index is 412. The number of hydrogen-bond acceptors (Lipinski definition) is 3. The lowest BCUT2D eigenvalue weighted by atomic mass is 9.55. The summed E-state index contributed by atoms with van der Waals surface area (Å²) in [7, 11) is 0. The van der Waals surface area contributed by atoms with Gasteiger partial charge < -0.3 is 10.5 Å². The molecule has 1 aromatic rings. The molecular weight excluding hydrogens is 212 g/mol. The average Bonchev–Trinajstić information content (AvgIpc) is 2.22. The Balaban J connectivity index is 1.76. The van der Waals surface area contributed by atoms with Gasteiger partial charge in [-0.2, -0.15) is 0 Å². The largest absolute Gasteiger partial charge is 0.380 e. The molecule has 2 fully saturated rings. The maximum Gasteiger partial charge on any atom is 0.0603 e. The van der Waals surface area contributed by atoms with E-state index >= 15 is 0 Å². The van der Waals surface area contributed by atoms with Crippen LogP contribution in [0.25, 0.3) is 0 Å². The quantitative estimate of drug-likeness (QED) is 0.850. The smallest absolute Gasteiger partial charge is 0.0603 e. The van der Waals surface area contributed by atoms with Crippen molar-refractivity contribution in [2.45, 2.75) is 38.1 Å². The van der Waals surface area contributed by atoms with E-state index in [4.69, 9.17) is 10.5 Å². The number of pyridine rings is 1. The van der Waals surface area contributed by atoms with Gasteiger partial charge in [-0.1, -0.05) is 19.9 Å². The summed E-state index contributed by atoms with van der Waals surface area (Å²) in [6, 6.07) is 4.26. The summed E-state index contributed by atoms with van der Waals surface area (Å²) in [6.07, 6.45) is 4.01. The van der Waals surface area contributed by atoms with Crippen LogP contribution in [0.5, 0.6) is 0 Å². The molecule has 3 rings (SSSR count). The van der Waals surface area contributed by atoms with Crippen molar-refractivity contribution in [3.63, 3.8) is 0 Å². The van der Waals surface area contributed by atoms with Gasteiger partial charge in [-0.3, -0.25) is 4.98 Å². The first kappa shape index (κ1) is 11.2. The first-order chi connectivity index (χ1) is 8.03. The Labute approximate surface area is 102 Å². The summed E-state index contributed by atoms with van der Waals surface area (Å²) in [5, 5.41) is 0. The highest BCUT2D eigenvalue weighted by Gasteiger charge is 2.57. The molecule has 17 heavy (non-hydrogen) atoms. The second kappa shape index (κ2) is 3.53. The van der Waals surface area contributed by atoms with E-state index in [1.54, 1.807) is 0 Å². The van der Waals surface area contributed by atoms with Crippen molar-refractivity contribution >= 4 is 0 Å². The Morgan fingerprint density at radius 1 is 1.29 bits per heavy atom.